The second-order valence-corrected chi connectivity index (χ2v) is 6.34. The zero-order chi connectivity index (χ0) is 16.2. The van der Waals surface area contributed by atoms with Crippen molar-refractivity contribution in [3.05, 3.63) is 53.2 Å². The van der Waals surface area contributed by atoms with Gasteiger partial charge in [0.15, 0.2) is 0 Å². The van der Waals surface area contributed by atoms with Crippen LogP contribution in [0.3, 0.4) is 0 Å². The zero-order valence-corrected chi connectivity index (χ0v) is 12.7. The lowest BCUT2D eigenvalue weighted by Gasteiger charge is -2.09. The van der Waals surface area contributed by atoms with Crippen LogP contribution in [0.1, 0.15) is 5.76 Å². The van der Waals surface area contributed by atoms with Gasteiger partial charge in [0.05, 0.1) is 24.4 Å². The summed E-state index contributed by atoms with van der Waals surface area (Å²) in [5, 5.41) is 2.19. The summed E-state index contributed by atoms with van der Waals surface area (Å²) in [7, 11) is -4.23. The first-order valence-electron chi connectivity index (χ1n) is 6.13. The van der Waals surface area contributed by atoms with Crippen molar-refractivity contribution in [3.8, 4) is 0 Å². The first-order chi connectivity index (χ1) is 10.4. The summed E-state index contributed by atoms with van der Waals surface area (Å²) >= 11 is 5.69. The molecule has 1 aromatic carbocycles. The number of furan rings is 1. The first kappa shape index (κ1) is 16.5. The Balaban J connectivity index is 1.96. The van der Waals surface area contributed by atoms with Crippen molar-refractivity contribution in [2.75, 3.05) is 6.54 Å². The average molecular weight is 347 g/mol. The van der Waals surface area contributed by atoms with Gasteiger partial charge in [-0.2, -0.15) is 0 Å². The maximum Gasteiger partial charge on any atom is 0.245 e. The molecule has 0 aliphatic carbocycles. The SMILES string of the molecule is O=C(CNS(=O)(=O)c1c(F)cccc1Cl)NCc1ccco1. The van der Waals surface area contributed by atoms with Crippen LogP contribution >= 0.6 is 11.6 Å². The standard InChI is InChI=1S/C13H12ClFN2O4S/c14-10-4-1-5-11(15)13(10)22(19,20)17-8-12(18)16-7-9-3-2-6-21-9/h1-6,17H,7-8H2,(H,16,18). The molecule has 0 atom stereocenters. The van der Waals surface area contributed by atoms with Crippen molar-refractivity contribution in [1.29, 1.82) is 0 Å². The second kappa shape index (κ2) is 6.91. The van der Waals surface area contributed by atoms with Crippen molar-refractivity contribution in [2.45, 2.75) is 11.4 Å². The summed E-state index contributed by atoms with van der Waals surface area (Å²) in [6.45, 7) is -0.429. The highest BCUT2D eigenvalue weighted by molar-refractivity contribution is 7.89. The van der Waals surface area contributed by atoms with Gasteiger partial charge in [0.25, 0.3) is 0 Å². The third-order valence-electron chi connectivity index (χ3n) is 2.65. The van der Waals surface area contributed by atoms with Crippen LogP contribution in [-0.2, 0) is 21.4 Å². The molecule has 0 saturated carbocycles. The Morgan fingerprint density at radius 2 is 2.05 bits per heavy atom. The van der Waals surface area contributed by atoms with Crippen LogP contribution < -0.4 is 10.0 Å². The van der Waals surface area contributed by atoms with E-state index in [1.807, 2.05) is 4.72 Å². The normalized spacial score (nSPS) is 11.4. The number of hydrogen-bond acceptors (Lipinski definition) is 4. The predicted molar refractivity (Wildman–Crippen MR) is 77.2 cm³/mol. The summed E-state index contributed by atoms with van der Waals surface area (Å²) in [5.74, 6) is -1.06. The van der Waals surface area contributed by atoms with E-state index in [1.165, 1.54) is 18.4 Å². The van der Waals surface area contributed by atoms with E-state index in [1.54, 1.807) is 12.1 Å². The lowest BCUT2D eigenvalue weighted by molar-refractivity contribution is -0.120. The van der Waals surface area contributed by atoms with Crippen molar-refractivity contribution in [2.24, 2.45) is 0 Å². The fourth-order valence-electron chi connectivity index (χ4n) is 1.63. The Morgan fingerprint density at radius 3 is 2.68 bits per heavy atom. The maximum atomic E-state index is 13.6. The van der Waals surface area contributed by atoms with Gasteiger partial charge in [-0.1, -0.05) is 17.7 Å². The second-order valence-electron chi connectivity index (χ2n) is 4.23. The third kappa shape index (κ3) is 4.06. The van der Waals surface area contributed by atoms with Gasteiger partial charge in [0.1, 0.15) is 16.5 Å². The summed E-state index contributed by atoms with van der Waals surface area (Å²) in [4.78, 5) is 10.9. The monoisotopic (exact) mass is 346 g/mol. The summed E-state index contributed by atoms with van der Waals surface area (Å²) < 4.78 is 44.5. The zero-order valence-electron chi connectivity index (χ0n) is 11.2. The van der Waals surface area contributed by atoms with E-state index >= 15 is 0 Å². The number of carbonyl (C=O) groups excluding carboxylic acids is 1. The number of sulfonamides is 1. The van der Waals surface area contributed by atoms with Crippen LogP contribution in [-0.4, -0.2) is 20.9 Å². The highest BCUT2D eigenvalue weighted by Crippen LogP contribution is 2.23. The topological polar surface area (TPSA) is 88.4 Å². The van der Waals surface area contributed by atoms with Gasteiger partial charge in [0, 0.05) is 0 Å². The fourth-order valence-corrected chi connectivity index (χ4v) is 3.22. The number of hydrogen-bond donors (Lipinski definition) is 2. The molecule has 2 rings (SSSR count). The molecule has 9 heteroatoms. The van der Waals surface area contributed by atoms with Gasteiger partial charge in [-0.25, -0.2) is 17.5 Å². The minimum absolute atomic E-state index is 0.119. The molecular weight excluding hydrogens is 335 g/mol. The van der Waals surface area contributed by atoms with E-state index in [-0.39, 0.29) is 11.6 Å². The highest BCUT2D eigenvalue weighted by Gasteiger charge is 2.23. The molecule has 0 radical (unpaired) electrons. The van der Waals surface area contributed by atoms with Crippen molar-refractivity contribution < 1.29 is 22.0 Å². The Labute approximate surface area is 131 Å². The number of nitrogens with one attached hydrogen (secondary N) is 2. The first-order valence-corrected chi connectivity index (χ1v) is 7.99. The van der Waals surface area contributed by atoms with E-state index in [0.717, 1.165) is 6.07 Å². The van der Waals surface area contributed by atoms with E-state index < -0.39 is 33.2 Å². The minimum Gasteiger partial charge on any atom is -0.467 e. The highest BCUT2D eigenvalue weighted by atomic mass is 35.5. The maximum absolute atomic E-state index is 13.6. The predicted octanol–water partition coefficient (Wildman–Crippen LogP) is 1.67. The smallest absolute Gasteiger partial charge is 0.245 e. The van der Waals surface area contributed by atoms with Crippen LogP contribution in [0.15, 0.2) is 45.9 Å². The quantitative estimate of drug-likeness (QED) is 0.832. The Hall–Kier alpha value is -1.90. The molecule has 0 saturated heterocycles. The molecule has 0 bridgehead atoms. The minimum atomic E-state index is -4.23. The van der Waals surface area contributed by atoms with E-state index in [4.69, 9.17) is 16.0 Å². The molecule has 6 nitrogen and oxygen atoms in total. The molecule has 0 aliphatic heterocycles. The molecule has 22 heavy (non-hydrogen) atoms. The van der Waals surface area contributed by atoms with Crippen molar-refractivity contribution >= 4 is 27.5 Å². The van der Waals surface area contributed by atoms with Crippen molar-refractivity contribution in [1.82, 2.24) is 10.0 Å². The van der Waals surface area contributed by atoms with Gasteiger partial charge >= 0.3 is 0 Å². The molecule has 2 aromatic rings. The van der Waals surface area contributed by atoms with E-state index in [0.29, 0.717) is 5.76 Å². The van der Waals surface area contributed by atoms with E-state index in [2.05, 4.69) is 5.32 Å². The van der Waals surface area contributed by atoms with Gasteiger partial charge in [-0.05, 0) is 24.3 Å². The molecule has 0 unspecified atom stereocenters. The van der Waals surface area contributed by atoms with E-state index in [9.17, 15) is 17.6 Å². The average Bonchev–Trinajstić information content (AvgIpc) is 2.96. The molecule has 0 spiro atoms. The van der Waals surface area contributed by atoms with Gasteiger partial charge in [-0.3, -0.25) is 4.79 Å². The van der Waals surface area contributed by atoms with Crippen LogP contribution in [0, 0.1) is 5.82 Å². The third-order valence-corrected chi connectivity index (χ3v) is 4.55. The number of benzene rings is 1. The molecule has 1 aromatic heterocycles. The fraction of sp³-hybridized carbons (Fsp3) is 0.154. The molecular formula is C13H12ClFN2O4S. The number of halogens is 2. The summed E-state index contributed by atoms with van der Waals surface area (Å²) in [5.41, 5.74) is 0. The number of amides is 1. The lowest BCUT2D eigenvalue weighted by atomic mass is 10.3. The Kier molecular flexibility index (Phi) is 5.17. The molecule has 1 amide bonds. The molecule has 0 aliphatic rings. The Morgan fingerprint density at radius 1 is 1.27 bits per heavy atom. The van der Waals surface area contributed by atoms with Crippen LogP contribution in [0.25, 0.3) is 0 Å². The molecule has 118 valence electrons. The van der Waals surface area contributed by atoms with Crippen LogP contribution in [0.4, 0.5) is 4.39 Å². The van der Waals surface area contributed by atoms with Crippen LogP contribution in [0.2, 0.25) is 5.02 Å². The molecule has 0 fully saturated rings. The van der Waals surface area contributed by atoms with Gasteiger partial charge in [0.2, 0.25) is 15.9 Å². The van der Waals surface area contributed by atoms with Gasteiger partial charge in [-0.15, -0.1) is 0 Å². The van der Waals surface area contributed by atoms with Crippen molar-refractivity contribution in [3.63, 3.8) is 0 Å². The van der Waals surface area contributed by atoms with Gasteiger partial charge < -0.3 is 9.73 Å². The number of rotatable bonds is 6. The Bertz CT molecular complexity index is 742. The summed E-state index contributed by atoms with van der Waals surface area (Å²) in [6.07, 6.45) is 1.45. The number of carbonyl (C=O) groups is 1. The largest absolute Gasteiger partial charge is 0.467 e. The molecule has 1 heterocycles. The summed E-state index contributed by atoms with van der Waals surface area (Å²) in [6, 6.07) is 6.81. The lowest BCUT2D eigenvalue weighted by Crippen LogP contribution is -2.36. The molecule has 2 N–H and O–H groups in total. The van der Waals surface area contributed by atoms with Crippen LogP contribution in [0.5, 0.6) is 0 Å².